The zero-order valence-electron chi connectivity index (χ0n) is 21.2. The molecule has 0 aliphatic carbocycles. The summed E-state index contributed by atoms with van der Waals surface area (Å²) >= 11 is 0. The van der Waals surface area contributed by atoms with E-state index in [1.165, 1.54) is 19.2 Å². The molecule has 0 unspecified atom stereocenters. The number of rotatable bonds is 2. The monoisotopic (exact) mass is 612 g/mol. The summed E-state index contributed by atoms with van der Waals surface area (Å²) in [5, 5.41) is 27.1. The van der Waals surface area contributed by atoms with Crippen molar-refractivity contribution in [1.29, 1.82) is 5.26 Å². The number of methoxy groups -OCH3 is 1. The van der Waals surface area contributed by atoms with Crippen LogP contribution in [-0.4, -0.2) is 61.5 Å². The number of nitriles is 1. The second-order valence-corrected chi connectivity index (χ2v) is 7.97. The standard InChI is InChI=1S/C21H13FN6O.2C2HF3O2/c1-29-16-5-4-14(22)17(13(16)9-23)21-27-18-11-6-8-24-10-15(11)26-20-12(19(18)28-21)3-2-7-25-20;2*3-2(4,5)1(6)7/h2-8,10H,1H3,(H,25,26)(H,27,28);2*(H,6,7). The zero-order valence-corrected chi connectivity index (χ0v) is 21.2. The highest BCUT2D eigenvalue weighted by molar-refractivity contribution is 5.95. The van der Waals surface area contributed by atoms with Crippen molar-refractivity contribution in [3.63, 3.8) is 0 Å². The van der Waals surface area contributed by atoms with E-state index in [1.807, 2.05) is 18.2 Å². The summed E-state index contributed by atoms with van der Waals surface area (Å²) in [6, 6.07) is 10.2. The minimum absolute atomic E-state index is 0.0638. The van der Waals surface area contributed by atoms with E-state index in [1.54, 1.807) is 24.7 Å². The van der Waals surface area contributed by atoms with Gasteiger partial charge in [0.1, 0.15) is 40.5 Å². The molecular weight excluding hydrogens is 597 g/mol. The van der Waals surface area contributed by atoms with Gasteiger partial charge in [-0.1, -0.05) is 0 Å². The maximum Gasteiger partial charge on any atom is 0.490 e. The lowest BCUT2D eigenvalue weighted by molar-refractivity contribution is -0.193. The van der Waals surface area contributed by atoms with Crippen molar-refractivity contribution in [2.75, 3.05) is 12.4 Å². The largest absolute Gasteiger partial charge is 0.495 e. The van der Waals surface area contributed by atoms with E-state index in [-0.39, 0.29) is 22.7 Å². The van der Waals surface area contributed by atoms with Crippen LogP contribution < -0.4 is 10.1 Å². The Balaban J connectivity index is 0.000000303. The van der Waals surface area contributed by atoms with Crippen LogP contribution >= 0.6 is 0 Å². The van der Waals surface area contributed by atoms with Crippen molar-refractivity contribution in [3.05, 3.63) is 60.3 Å². The predicted molar refractivity (Wildman–Crippen MR) is 132 cm³/mol. The Kier molecular flexibility index (Phi) is 9.18. The molecular formula is C25H15F7N6O5. The number of nitrogens with one attached hydrogen (secondary N) is 2. The molecule has 3 aromatic heterocycles. The third kappa shape index (κ3) is 7.13. The van der Waals surface area contributed by atoms with Gasteiger partial charge in [0.15, 0.2) is 0 Å². The number of hydrogen-bond donors (Lipinski definition) is 4. The maximum absolute atomic E-state index is 14.8. The molecule has 11 nitrogen and oxygen atoms in total. The predicted octanol–water partition coefficient (Wildman–Crippen LogP) is 5.54. The van der Waals surface area contributed by atoms with Gasteiger partial charge in [0, 0.05) is 23.5 Å². The molecule has 0 atom stereocenters. The lowest BCUT2D eigenvalue weighted by atomic mass is 10.1. The minimum Gasteiger partial charge on any atom is -0.495 e. The summed E-state index contributed by atoms with van der Waals surface area (Å²) in [5.41, 5.74) is 3.74. The van der Waals surface area contributed by atoms with Gasteiger partial charge < -0.3 is 25.3 Å². The van der Waals surface area contributed by atoms with Crippen molar-refractivity contribution in [1.82, 2.24) is 19.9 Å². The van der Waals surface area contributed by atoms with Crippen molar-refractivity contribution in [2.24, 2.45) is 0 Å². The molecule has 0 saturated carbocycles. The second kappa shape index (κ2) is 12.4. The Morgan fingerprint density at radius 1 is 0.977 bits per heavy atom. The van der Waals surface area contributed by atoms with Gasteiger partial charge in [-0.2, -0.15) is 31.6 Å². The molecule has 0 fully saturated rings. The maximum atomic E-state index is 14.8. The number of ether oxygens (including phenoxy) is 1. The van der Waals surface area contributed by atoms with E-state index in [0.29, 0.717) is 17.2 Å². The summed E-state index contributed by atoms with van der Waals surface area (Å²) in [5.74, 6) is -4.94. The number of carboxylic acids is 2. The number of hydrogen-bond acceptors (Lipinski definition) is 8. The molecule has 0 saturated heterocycles. The van der Waals surface area contributed by atoms with E-state index in [0.717, 1.165) is 16.8 Å². The Hall–Kier alpha value is -5.73. The molecule has 5 rings (SSSR count). The first kappa shape index (κ1) is 31.8. The number of carbonyl (C=O) groups is 2. The van der Waals surface area contributed by atoms with Crippen LogP contribution in [0.15, 0.2) is 48.9 Å². The van der Waals surface area contributed by atoms with Gasteiger partial charge >= 0.3 is 24.3 Å². The van der Waals surface area contributed by atoms with Crippen LogP contribution in [0, 0.1) is 17.1 Å². The number of imidazole rings is 1. The van der Waals surface area contributed by atoms with E-state index in [4.69, 9.17) is 24.5 Å². The van der Waals surface area contributed by atoms with Gasteiger partial charge in [0.25, 0.3) is 0 Å². The van der Waals surface area contributed by atoms with Gasteiger partial charge in [-0.3, -0.25) is 4.98 Å². The average Bonchev–Trinajstić information content (AvgIpc) is 3.32. The smallest absolute Gasteiger partial charge is 0.490 e. The number of fused-ring (bicyclic) bond motifs is 5. The SMILES string of the molecule is COc1ccc(F)c(-c2nc3c([nH]2)-c2ccncc2Nc2ncccc2-3)c1C#N.O=C(O)C(F)(F)F.O=C(O)C(F)(F)F. The van der Waals surface area contributed by atoms with E-state index in [2.05, 4.69) is 25.3 Å². The van der Waals surface area contributed by atoms with Gasteiger partial charge in [0.05, 0.1) is 30.3 Å². The van der Waals surface area contributed by atoms with Crippen LogP contribution in [0.5, 0.6) is 5.75 Å². The van der Waals surface area contributed by atoms with Crippen molar-refractivity contribution >= 4 is 23.4 Å². The quantitative estimate of drug-likeness (QED) is 0.185. The molecule has 43 heavy (non-hydrogen) atoms. The lowest BCUT2D eigenvalue weighted by Crippen LogP contribution is -2.21. The topological polar surface area (TPSA) is 174 Å². The number of halogens is 7. The number of anilines is 2. The van der Waals surface area contributed by atoms with Gasteiger partial charge in [0.2, 0.25) is 0 Å². The van der Waals surface area contributed by atoms with Crippen LogP contribution in [0.25, 0.3) is 33.9 Å². The first-order valence-corrected chi connectivity index (χ1v) is 11.2. The molecule has 0 bridgehead atoms. The molecule has 4 N–H and O–H groups in total. The van der Waals surface area contributed by atoms with Crippen molar-refractivity contribution in [3.8, 4) is 45.7 Å². The van der Waals surface area contributed by atoms with Crippen molar-refractivity contribution < 1.29 is 55.3 Å². The number of benzene rings is 1. The number of carboxylic acid groups (broad SMARTS) is 2. The highest BCUT2D eigenvalue weighted by Gasteiger charge is 2.39. The Bertz CT molecular complexity index is 1630. The number of aromatic amines is 1. The first-order chi connectivity index (χ1) is 20.1. The van der Waals surface area contributed by atoms with Crippen LogP contribution in [0.3, 0.4) is 0 Å². The minimum atomic E-state index is -5.08. The number of pyridine rings is 2. The molecule has 0 spiro atoms. The zero-order chi connectivity index (χ0) is 32.1. The van der Waals surface area contributed by atoms with E-state index in [9.17, 15) is 36.0 Å². The summed E-state index contributed by atoms with van der Waals surface area (Å²) in [6.07, 6.45) is -5.13. The van der Waals surface area contributed by atoms with Gasteiger partial charge in [-0.25, -0.2) is 23.9 Å². The molecule has 18 heteroatoms. The molecule has 4 aromatic rings. The van der Waals surface area contributed by atoms with Crippen molar-refractivity contribution in [2.45, 2.75) is 12.4 Å². The number of aromatic nitrogens is 4. The molecule has 1 aliphatic heterocycles. The first-order valence-electron chi connectivity index (χ1n) is 11.2. The summed E-state index contributed by atoms with van der Waals surface area (Å²) in [6.45, 7) is 0. The molecule has 1 aromatic carbocycles. The molecule has 224 valence electrons. The Morgan fingerprint density at radius 2 is 1.60 bits per heavy atom. The molecule has 0 radical (unpaired) electrons. The fourth-order valence-electron chi connectivity index (χ4n) is 3.49. The highest BCUT2D eigenvalue weighted by atomic mass is 19.4. The average molecular weight is 612 g/mol. The summed E-state index contributed by atoms with van der Waals surface area (Å²) in [7, 11) is 1.44. The number of alkyl halides is 6. The van der Waals surface area contributed by atoms with Crippen LogP contribution in [0.4, 0.5) is 42.2 Å². The van der Waals surface area contributed by atoms with E-state index >= 15 is 0 Å². The Morgan fingerprint density at radius 3 is 2.16 bits per heavy atom. The van der Waals surface area contributed by atoms with Gasteiger partial charge in [-0.05, 0) is 30.3 Å². The van der Waals surface area contributed by atoms with Gasteiger partial charge in [-0.15, -0.1) is 0 Å². The van der Waals surface area contributed by atoms with Crippen LogP contribution in [0.1, 0.15) is 5.56 Å². The Labute approximate surface area is 235 Å². The highest BCUT2D eigenvalue weighted by Crippen LogP contribution is 2.43. The van der Waals surface area contributed by atoms with E-state index < -0.39 is 30.1 Å². The fraction of sp³-hybridized carbons (Fsp3) is 0.120. The number of aliphatic carboxylic acids is 2. The van der Waals surface area contributed by atoms with Crippen LogP contribution in [-0.2, 0) is 9.59 Å². The molecule has 1 aliphatic rings. The summed E-state index contributed by atoms with van der Waals surface area (Å²) < 4.78 is 83.5. The third-order valence-corrected chi connectivity index (χ3v) is 5.28. The third-order valence-electron chi connectivity index (χ3n) is 5.28. The summed E-state index contributed by atoms with van der Waals surface area (Å²) in [4.78, 5) is 34.2. The molecule has 4 heterocycles. The normalized spacial score (nSPS) is 11.3. The lowest BCUT2D eigenvalue weighted by Gasteiger charge is -2.09. The second-order valence-electron chi connectivity index (χ2n) is 7.97. The van der Waals surface area contributed by atoms with Crippen LogP contribution in [0.2, 0.25) is 0 Å². The molecule has 0 amide bonds. The number of H-pyrrole nitrogens is 1. The fourth-order valence-corrected chi connectivity index (χ4v) is 3.49. The number of nitrogens with zero attached hydrogens (tertiary/aromatic N) is 4.